The fourth-order valence-electron chi connectivity index (χ4n) is 2.99. The molecule has 0 radical (unpaired) electrons. The number of nitrogens with zero attached hydrogens (tertiary/aromatic N) is 1. The summed E-state index contributed by atoms with van der Waals surface area (Å²) in [4.78, 5) is 27.2. The van der Waals surface area contributed by atoms with Crippen molar-refractivity contribution >= 4 is 11.8 Å². The van der Waals surface area contributed by atoms with E-state index in [-0.39, 0.29) is 31.0 Å². The van der Waals surface area contributed by atoms with Gasteiger partial charge in [-0.15, -0.1) is 0 Å². The Balaban J connectivity index is 2.18. The molecule has 0 heterocycles. The molecule has 2 aromatic rings. The number of hydrogen-bond donors (Lipinski definition) is 1. The normalized spacial score (nSPS) is 11.7. The average molecular weight is 413 g/mol. The molecule has 2 aromatic carbocycles. The first-order chi connectivity index (χ1) is 14.2. The Morgan fingerprint density at radius 3 is 2.37 bits per heavy atom. The van der Waals surface area contributed by atoms with Gasteiger partial charge in [0.1, 0.15) is 17.5 Å². The van der Waals surface area contributed by atoms with Gasteiger partial charge in [0, 0.05) is 12.6 Å². The summed E-state index contributed by atoms with van der Waals surface area (Å²) >= 11 is 0. The highest BCUT2D eigenvalue weighted by atomic mass is 16.5. The maximum Gasteiger partial charge on any atom is 0.261 e. The van der Waals surface area contributed by atoms with Crippen LogP contribution in [-0.2, 0) is 16.1 Å². The Hall–Kier alpha value is -3.02. The smallest absolute Gasteiger partial charge is 0.261 e. The molecule has 0 fully saturated rings. The minimum absolute atomic E-state index is 0.0134. The Morgan fingerprint density at radius 2 is 1.73 bits per heavy atom. The van der Waals surface area contributed by atoms with Gasteiger partial charge < -0.3 is 19.7 Å². The SMILES string of the molecule is COc1cccc(CN(C(=O)COc2ccc(C)c(C)c2)C(C)C(=O)NC(C)C)c1. The molecular weight excluding hydrogens is 380 g/mol. The lowest BCUT2D eigenvalue weighted by Crippen LogP contribution is -2.50. The molecule has 2 rings (SSSR count). The number of aryl methyl sites for hydroxylation is 2. The van der Waals surface area contributed by atoms with Crippen LogP contribution in [0, 0.1) is 13.8 Å². The molecule has 1 unspecified atom stereocenters. The highest BCUT2D eigenvalue weighted by molar-refractivity contribution is 5.88. The van der Waals surface area contributed by atoms with Crippen LogP contribution in [0.4, 0.5) is 0 Å². The van der Waals surface area contributed by atoms with E-state index in [4.69, 9.17) is 9.47 Å². The fraction of sp³-hybridized carbons (Fsp3) is 0.417. The first-order valence-corrected chi connectivity index (χ1v) is 10.1. The van der Waals surface area contributed by atoms with Gasteiger partial charge in [-0.3, -0.25) is 9.59 Å². The Kier molecular flexibility index (Phi) is 8.27. The molecule has 6 nitrogen and oxygen atoms in total. The third-order valence-electron chi connectivity index (χ3n) is 4.93. The number of methoxy groups -OCH3 is 1. The summed E-state index contributed by atoms with van der Waals surface area (Å²) in [7, 11) is 1.60. The summed E-state index contributed by atoms with van der Waals surface area (Å²) in [6.07, 6.45) is 0. The molecule has 1 atom stereocenters. The van der Waals surface area contributed by atoms with E-state index in [1.54, 1.807) is 14.0 Å². The third-order valence-corrected chi connectivity index (χ3v) is 4.93. The van der Waals surface area contributed by atoms with E-state index >= 15 is 0 Å². The van der Waals surface area contributed by atoms with Crippen molar-refractivity contribution in [2.45, 2.75) is 53.2 Å². The third kappa shape index (κ3) is 6.51. The largest absolute Gasteiger partial charge is 0.497 e. The number of carbonyl (C=O) groups excluding carboxylic acids is 2. The molecule has 0 aliphatic rings. The van der Waals surface area contributed by atoms with Crippen molar-refractivity contribution in [1.29, 1.82) is 0 Å². The quantitative estimate of drug-likeness (QED) is 0.683. The number of ether oxygens (including phenoxy) is 2. The zero-order valence-corrected chi connectivity index (χ0v) is 18.7. The zero-order valence-electron chi connectivity index (χ0n) is 18.7. The van der Waals surface area contributed by atoms with Gasteiger partial charge in [0.15, 0.2) is 6.61 Å². The maximum absolute atomic E-state index is 13.0. The first-order valence-electron chi connectivity index (χ1n) is 10.1. The molecule has 0 aliphatic heterocycles. The van der Waals surface area contributed by atoms with Crippen LogP contribution in [0.5, 0.6) is 11.5 Å². The van der Waals surface area contributed by atoms with Crippen LogP contribution >= 0.6 is 0 Å². The number of carbonyl (C=O) groups is 2. The molecule has 2 amide bonds. The Bertz CT molecular complexity index is 879. The van der Waals surface area contributed by atoms with E-state index in [1.165, 1.54) is 4.90 Å². The highest BCUT2D eigenvalue weighted by Crippen LogP contribution is 2.18. The number of nitrogens with one attached hydrogen (secondary N) is 1. The van der Waals surface area contributed by atoms with Gasteiger partial charge in [0.05, 0.1) is 7.11 Å². The van der Waals surface area contributed by atoms with Crippen molar-refractivity contribution < 1.29 is 19.1 Å². The van der Waals surface area contributed by atoms with Crippen molar-refractivity contribution in [1.82, 2.24) is 10.2 Å². The van der Waals surface area contributed by atoms with Gasteiger partial charge >= 0.3 is 0 Å². The molecule has 0 spiro atoms. The predicted octanol–water partition coefficient (Wildman–Crippen LogP) is 3.63. The van der Waals surface area contributed by atoms with E-state index < -0.39 is 6.04 Å². The van der Waals surface area contributed by atoms with Gasteiger partial charge in [-0.2, -0.15) is 0 Å². The maximum atomic E-state index is 13.0. The molecule has 6 heteroatoms. The molecule has 0 aliphatic carbocycles. The Morgan fingerprint density at radius 1 is 1.00 bits per heavy atom. The summed E-state index contributed by atoms with van der Waals surface area (Å²) in [5, 5.41) is 2.88. The monoisotopic (exact) mass is 412 g/mol. The standard InChI is InChI=1S/C24H32N2O4/c1-16(2)25-24(28)19(5)26(14-20-8-7-9-21(13-20)29-6)23(27)15-30-22-11-10-17(3)18(4)12-22/h7-13,16,19H,14-15H2,1-6H3,(H,25,28). The first kappa shape index (κ1) is 23.3. The summed E-state index contributed by atoms with van der Waals surface area (Å²) < 4.78 is 11.0. The van der Waals surface area contributed by atoms with Crippen molar-refractivity contribution in [3.63, 3.8) is 0 Å². The number of hydrogen-bond acceptors (Lipinski definition) is 4. The summed E-state index contributed by atoms with van der Waals surface area (Å²) in [5.74, 6) is 0.868. The average Bonchev–Trinajstić information content (AvgIpc) is 2.71. The van der Waals surface area contributed by atoms with Crippen LogP contribution in [0.2, 0.25) is 0 Å². The lowest BCUT2D eigenvalue weighted by atomic mass is 10.1. The van der Waals surface area contributed by atoms with Crippen molar-refractivity contribution in [3.05, 3.63) is 59.2 Å². The van der Waals surface area contributed by atoms with Crippen LogP contribution in [0.15, 0.2) is 42.5 Å². The second-order valence-electron chi connectivity index (χ2n) is 7.75. The predicted molar refractivity (Wildman–Crippen MR) is 118 cm³/mol. The van der Waals surface area contributed by atoms with Crippen LogP contribution in [-0.4, -0.2) is 42.5 Å². The topological polar surface area (TPSA) is 67.9 Å². The molecule has 162 valence electrons. The van der Waals surface area contributed by atoms with E-state index in [9.17, 15) is 9.59 Å². The van der Waals surface area contributed by atoms with Crippen molar-refractivity contribution in [2.75, 3.05) is 13.7 Å². The van der Waals surface area contributed by atoms with Crippen LogP contribution < -0.4 is 14.8 Å². The highest BCUT2D eigenvalue weighted by Gasteiger charge is 2.27. The second-order valence-corrected chi connectivity index (χ2v) is 7.75. The minimum Gasteiger partial charge on any atom is -0.497 e. The molecule has 30 heavy (non-hydrogen) atoms. The van der Waals surface area contributed by atoms with E-state index in [2.05, 4.69) is 5.32 Å². The van der Waals surface area contributed by atoms with Crippen LogP contribution in [0.3, 0.4) is 0 Å². The van der Waals surface area contributed by atoms with Gasteiger partial charge in [-0.05, 0) is 75.6 Å². The summed E-state index contributed by atoms with van der Waals surface area (Å²) in [6.45, 7) is 9.66. The molecule has 0 bridgehead atoms. The number of benzene rings is 2. The lowest BCUT2D eigenvalue weighted by molar-refractivity contribution is -0.142. The van der Waals surface area contributed by atoms with Gasteiger partial charge in [0.2, 0.25) is 5.91 Å². The molecule has 0 saturated carbocycles. The van der Waals surface area contributed by atoms with Gasteiger partial charge in [-0.1, -0.05) is 18.2 Å². The summed E-state index contributed by atoms with van der Waals surface area (Å²) in [5.41, 5.74) is 3.13. The molecule has 1 N–H and O–H groups in total. The van der Waals surface area contributed by atoms with Gasteiger partial charge in [-0.25, -0.2) is 0 Å². The Labute approximate surface area is 179 Å². The molecule has 0 aromatic heterocycles. The van der Waals surface area contributed by atoms with E-state index in [1.807, 2.05) is 70.2 Å². The number of rotatable bonds is 9. The van der Waals surface area contributed by atoms with Crippen molar-refractivity contribution in [2.24, 2.45) is 0 Å². The van der Waals surface area contributed by atoms with E-state index in [0.29, 0.717) is 11.5 Å². The van der Waals surface area contributed by atoms with Crippen LogP contribution in [0.1, 0.15) is 37.5 Å². The fourth-order valence-corrected chi connectivity index (χ4v) is 2.99. The molecule has 0 saturated heterocycles. The molecular formula is C24H32N2O4. The minimum atomic E-state index is -0.644. The number of amides is 2. The zero-order chi connectivity index (χ0) is 22.3. The van der Waals surface area contributed by atoms with Crippen molar-refractivity contribution in [3.8, 4) is 11.5 Å². The second kappa shape index (κ2) is 10.7. The summed E-state index contributed by atoms with van der Waals surface area (Å²) in [6, 6.07) is 12.5. The lowest BCUT2D eigenvalue weighted by Gasteiger charge is -2.29. The van der Waals surface area contributed by atoms with Crippen LogP contribution in [0.25, 0.3) is 0 Å². The van der Waals surface area contributed by atoms with Gasteiger partial charge in [0.25, 0.3) is 5.91 Å². The van der Waals surface area contributed by atoms with E-state index in [0.717, 1.165) is 16.7 Å².